The van der Waals surface area contributed by atoms with Crippen LogP contribution < -0.4 is 5.43 Å². The quantitative estimate of drug-likeness (QED) is 0.336. The highest BCUT2D eigenvalue weighted by Crippen LogP contribution is 2.24. The summed E-state index contributed by atoms with van der Waals surface area (Å²) in [4.78, 5) is 22.9. The number of aromatic nitrogens is 2. The van der Waals surface area contributed by atoms with Crippen molar-refractivity contribution in [2.24, 2.45) is 5.10 Å². The van der Waals surface area contributed by atoms with Crippen molar-refractivity contribution in [2.45, 2.75) is 6.54 Å². The molecule has 0 aliphatic heterocycles. The lowest BCUT2D eigenvalue weighted by Gasteiger charge is -2.03. The number of hydrogen-bond donors (Lipinski definition) is 1. The summed E-state index contributed by atoms with van der Waals surface area (Å²) < 4.78 is 1.22. The fourth-order valence-electron chi connectivity index (χ4n) is 2.40. The van der Waals surface area contributed by atoms with Crippen LogP contribution in [0.1, 0.15) is 21.6 Å². The minimum Gasteiger partial charge on any atom is -0.358 e. The molecular formula is C18H12Cl3N5O3. The van der Waals surface area contributed by atoms with E-state index in [0.29, 0.717) is 15.6 Å². The molecule has 1 aromatic heterocycles. The van der Waals surface area contributed by atoms with Crippen LogP contribution in [-0.2, 0) is 6.54 Å². The molecule has 0 saturated heterocycles. The summed E-state index contributed by atoms with van der Waals surface area (Å²) in [6.07, 6.45) is 1.32. The molecule has 0 bridgehead atoms. The van der Waals surface area contributed by atoms with Crippen LogP contribution in [0.2, 0.25) is 15.1 Å². The smallest absolute Gasteiger partial charge is 0.358 e. The zero-order chi connectivity index (χ0) is 21.0. The van der Waals surface area contributed by atoms with E-state index in [1.165, 1.54) is 10.9 Å². The van der Waals surface area contributed by atoms with Crippen LogP contribution in [0, 0.1) is 10.1 Å². The van der Waals surface area contributed by atoms with Crippen LogP contribution >= 0.6 is 34.8 Å². The van der Waals surface area contributed by atoms with E-state index in [0.717, 1.165) is 11.6 Å². The molecule has 0 unspecified atom stereocenters. The van der Waals surface area contributed by atoms with E-state index in [2.05, 4.69) is 15.6 Å². The van der Waals surface area contributed by atoms with Crippen LogP contribution in [0.25, 0.3) is 0 Å². The van der Waals surface area contributed by atoms with Gasteiger partial charge in [-0.15, -0.1) is 0 Å². The van der Waals surface area contributed by atoms with Gasteiger partial charge in [0.15, 0.2) is 5.69 Å². The summed E-state index contributed by atoms with van der Waals surface area (Å²) >= 11 is 17.8. The van der Waals surface area contributed by atoms with Crippen molar-refractivity contribution in [3.8, 4) is 0 Å². The number of nitro groups is 1. The van der Waals surface area contributed by atoms with Gasteiger partial charge >= 0.3 is 5.82 Å². The van der Waals surface area contributed by atoms with Crippen molar-refractivity contribution in [2.75, 3.05) is 0 Å². The van der Waals surface area contributed by atoms with Gasteiger partial charge in [-0.25, -0.2) is 5.43 Å². The number of hydrazone groups is 1. The lowest BCUT2D eigenvalue weighted by molar-refractivity contribution is -0.389. The molecule has 148 valence electrons. The first kappa shape index (κ1) is 20.8. The van der Waals surface area contributed by atoms with Crippen molar-refractivity contribution in [3.63, 3.8) is 0 Å². The van der Waals surface area contributed by atoms with Crippen molar-refractivity contribution in [1.82, 2.24) is 15.2 Å². The average molecular weight is 453 g/mol. The predicted molar refractivity (Wildman–Crippen MR) is 111 cm³/mol. The molecule has 1 heterocycles. The van der Waals surface area contributed by atoms with E-state index < -0.39 is 16.6 Å². The summed E-state index contributed by atoms with van der Waals surface area (Å²) in [7, 11) is 0. The highest BCUT2D eigenvalue weighted by atomic mass is 35.5. The van der Waals surface area contributed by atoms with E-state index in [1.54, 1.807) is 42.5 Å². The second-order valence-electron chi connectivity index (χ2n) is 5.77. The summed E-state index contributed by atoms with van der Waals surface area (Å²) in [5.74, 6) is -1.13. The lowest BCUT2D eigenvalue weighted by Crippen LogP contribution is -2.22. The second kappa shape index (κ2) is 9.04. The van der Waals surface area contributed by atoms with Gasteiger partial charge in [0.2, 0.25) is 0 Å². The van der Waals surface area contributed by atoms with E-state index in [1.807, 2.05) is 0 Å². The Morgan fingerprint density at radius 1 is 1.21 bits per heavy atom. The van der Waals surface area contributed by atoms with Gasteiger partial charge in [-0.3, -0.25) is 4.79 Å². The van der Waals surface area contributed by atoms with Gasteiger partial charge in [-0.2, -0.15) is 9.78 Å². The molecule has 0 aliphatic carbocycles. The third kappa shape index (κ3) is 5.11. The number of carbonyl (C=O) groups excluding carboxylic acids is 1. The molecular weight excluding hydrogens is 441 g/mol. The van der Waals surface area contributed by atoms with Gasteiger partial charge in [0.05, 0.1) is 34.0 Å². The number of nitrogens with zero attached hydrogens (tertiary/aromatic N) is 4. The number of nitrogens with one attached hydrogen (secondary N) is 1. The minimum atomic E-state index is -0.676. The van der Waals surface area contributed by atoms with Crippen molar-refractivity contribution in [3.05, 3.63) is 90.5 Å². The Labute approximate surface area is 179 Å². The van der Waals surface area contributed by atoms with Crippen LogP contribution in [0.5, 0.6) is 0 Å². The molecule has 29 heavy (non-hydrogen) atoms. The summed E-state index contributed by atoms with van der Waals surface area (Å²) in [6.45, 7) is 0.137. The van der Waals surface area contributed by atoms with Crippen LogP contribution in [0.3, 0.4) is 0 Å². The van der Waals surface area contributed by atoms with Gasteiger partial charge in [-0.05, 0) is 28.7 Å². The zero-order valence-electron chi connectivity index (χ0n) is 14.6. The first-order valence-electron chi connectivity index (χ1n) is 8.09. The summed E-state index contributed by atoms with van der Waals surface area (Å²) in [5, 5.41) is 20.0. The molecule has 0 atom stereocenters. The zero-order valence-corrected chi connectivity index (χ0v) is 16.8. The average Bonchev–Trinajstić information content (AvgIpc) is 3.11. The topological polar surface area (TPSA) is 102 Å². The molecule has 0 aliphatic rings. The number of amides is 1. The molecule has 1 amide bonds. The van der Waals surface area contributed by atoms with E-state index in [-0.39, 0.29) is 17.3 Å². The van der Waals surface area contributed by atoms with E-state index in [4.69, 9.17) is 34.8 Å². The molecule has 11 heteroatoms. The van der Waals surface area contributed by atoms with Crippen molar-refractivity contribution >= 4 is 52.7 Å². The van der Waals surface area contributed by atoms with Gasteiger partial charge in [0, 0.05) is 10.6 Å². The molecule has 3 aromatic rings. The molecule has 0 saturated carbocycles. The number of carbonyl (C=O) groups is 1. The van der Waals surface area contributed by atoms with Gasteiger partial charge in [0.25, 0.3) is 5.91 Å². The summed E-state index contributed by atoms with van der Waals surface area (Å²) in [6, 6.07) is 12.9. The second-order valence-corrected chi connectivity index (χ2v) is 6.99. The Morgan fingerprint density at radius 2 is 1.93 bits per heavy atom. The van der Waals surface area contributed by atoms with Crippen LogP contribution in [-0.4, -0.2) is 26.8 Å². The maximum atomic E-state index is 12.5. The Bertz CT molecular complexity index is 1100. The Balaban J connectivity index is 1.81. The maximum absolute atomic E-state index is 12.5. The monoisotopic (exact) mass is 451 g/mol. The minimum absolute atomic E-state index is 0.0269. The SMILES string of the molecule is O=C(NN=Cc1cccc(Cl)c1Cl)c1cc([N+](=O)[O-])nn1Cc1ccc(Cl)cc1. The molecule has 3 rings (SSSR count). The Hall–Kier alpha value is -2.94. The van der Waals surface area contributed by atoms with Crippen molar-refractivity contribution < 1.29 is 9.72 Å². The van der Waals surface area contributed by atoms with E-state index in [9.17, 15) is 14.9 Å². The molecule has 8 nitrogen and oxygen atoms in total. The largest absolute Gasteiger partial charge is 0.390 e. The maximum Gasteiger partial charge on any atom is 0.390 e. The molecule has 1 N–H and O–H groups in total. The molecule has 0 fully saturated rings. The molecule has 2 aromatic carbocycles. The number of benzene rings is 2. The molecule has 0 radical (unpaired) electrons. The third-order valence-electron chi connectivity index (χ3n) is 3.78. The first-order valence-corrected chi connectivity index (χ1v) is 9.22. The lowest BCUT2D eigenvalue weighted by atomic mass is 10.2. The van der Waals surface area contributed by atoms with E-state index >= 15 is 0 Å². The van der Waals surface area contributed by atoms with Gasteiger partial charge in [-0.1, -0.05) is 59.1 Å². The van der Waals surface area contributed by atoms with Crippen molar-refractivity contribution in [1.29, 1.82) is 0 Å². The fraction of sp³-hybridized carbons (Fsp3) is 0.0556. The highest BCUT2D eigenvalue weighted by Gasteiger charge is 2.23. The van der Waals surface area contributed by atoms with Gasteiger partial charge < -0.3 is 10.1 Å². The predicted octanol–water partition coefficient (Wildman–Crippen LogP) is 4.56. The highest BCUT2D eigenvalue weighted by molar-refractivity contribution is 6.43. The summed E-state index contributed by atoms with van der Waals surface area (Å²) in [5.41, 5.74) is 3.54. The number of hydrogen-bond acceptors (Lipinski definition) is 5. The molecule has 0 spiro atoms. The fourth-order valence-corrected chi connectivity index (χ4v) is 2.88. The van der Waals surface area contributed by atoms with Crippen LogP contribution in [0.4, 0.5) is 5.82 Å². The first-order chi connectivity index (χ1) is 13.8. The van der Waals surface area contributed by atoms with Gasteiger partial charge in [0.1, 0.15) is 0 Å². The Kier molecular flexibility index (Phi) is 6.48. The third-order valence-corrected chi connectivity index (χ3v) is 4.87. The number of rotatable bonds is 6. The van der Waals surface area contributed by atoms with Crippen LogP contribution in [0.15, 0.2) is 53.6 Å². The Morgan fingerprint density at radius 3 is 2.62 bits per heavy atom. The normalized spacial score (nSPS) is 11.0. The standard InChI is InChI=1S/C18H12Cl3N5O3/c19-13-6-4-11(5-7-13)10-25-15(8-16(24-25)26(28)29)18(27)23-22-9-12-2-1-3-14(20)17(12)21/h1-9H,10H2,(H,23,27). The number of halogens is 3.